The van der Waals surface area contributed by atoms with Crippen molar-refractivity contribution < 1.29 is 19.4 Å². The third kappa shape index (κ3) is 4.35. The van der Waals surface area contributed by atoms with E-state index in [1.165, 1.54) is 0 Å². The molecule has 3 aromatic rings. The number of carboxylic acid groups (broad SMARTS) is 1. The van der Waals surface area contributed by atoms with Crippen molar-refractivity contribution in [2.45, 2.75) is 25.2 Å². The van der Waals surface area contributed by atoms with Gasteiger partial charge in [-0.1, -0.05) is 60.7 Å². The molecular weight excluding hydrogens is 378 g/mol. The first-order valence-electron chi connectivity index (χ1n) is 10.0. The first-order valence-corrected chi connectivity index (χ1v) is 10.0. The molecule has 0 saturated carbocycles. The van der Waals surface area contributed by atoms with Gasteiger partial charge in [0.2, 0.25) is 5.91 Å². The van der Waals surface area contributed by atoms with Crippen molar-refractivity contribution >= 4 is 11.9 Å². The second-order valence-corrected chi connectivity index (χ2v) is 7.36. The van der Waals surface area contributed by atoms with E-state index in [1.54, 1.807) is 0 Å². The van der Waals surface area contributed by atoms with Crippen molar-refractivity contribution in [1.82, 2.24) is 5.32 Å². The minimum absolute atomic E-state index is 0.0451. The number of rotatable bonds is 7. The van der Waals surface area contributed by atoms with Gasteiger partial charge < -0.3 is 15.2 Å². The molecule has 2 N–H and O–H groups in total. The molecule has 1 aliphatic rings. The first-order chi connectivity index (χ1) is 14.6. The number of carbonyl (C=O) groups excluding carboxylic acids is 1. The van der Waals surface area contributed by atoms with Crippen LogP contribution in [-0.2, 0) is 22.4 Å². The lowest BCUT2D eigenvalue weighted by Gasteiger charge is -2.27. The molecule has 1 amide bonds. The first kappa shape index (κ1) is 19.7. The van der Waals surface area contributed by atoms with Crippen LogP contribution in [0, 0.1) is 0 Å². The highest BCUT2D eigenvalue weighted by molar-refractivity contribution is 5.89. The molecule has 0 atom stereocenters. The zero-order valence-corrected chi connectivity index (χ0v) is 16.5. The summed E-state index contributed by atoms with van der Waals surface area (Å²) in [5.74, 6) is 0.195. The van der Waals surface area contributed by atoms with Crippen LogP contribution in [0.15, 0.2) is 72.8 Å². The molecular formula is C25H23NO4. The number of nitrogens with one attached hydrogen (secondary N) is 1. The number of aryl methyl sites for hydroxylation is 1. The third-order valence-corrected chi connectivity index (χ3v) is 5.31. The highest BCUT2D eigenvalue weighted by Gasteiger charge is 2.32. The van der Waals surface area contributed by atoms with Crippen LogP contribution < -0.4 is 10.1 Å². The van der Waals surface area contributed by atoms with Crippen LogP contribution in [0.25, 0.3) is 0 Å². The Bertz CT molecular complexity index is 1010. The molecule has 5 nitrogen and oxygen atoms in total. The molecule has 30 heavy (non-hydrogen) atoms. The van der Waals surface area contributed by atoms with Crippen molar-refractivity contribution in [3.05, 3.63) is 95.1 Å². The predicted molar refractivity (Wildman–Crippen MR) is 114 cm³/mol. The summed E-state index contributed by atoms with van der Waals surface area (Å²) in [5.41, 5.74) is 3.84. The number of fused-ring (bicyclic) bond motifs is 2. The van der Waals surface area contributed by atoms with E-state index in [1.807, 2.05) is 72.8 Å². The summed E-state index contributed by atoms with van der Waals surface area (Å²) in [6.45, 7) is 0.523. The fraction of sp³-hybridized carbons (Fsp3) is 0.200. The Morgan fingerprint density at radius 2 is 1.33 bits per heavy atom. The van der Waals surface area contributed by atoms with Crippen molar-refractivity contribution in [3.63, 3.8) is 0 Å². The fourth-order valence-corrected chi connectivity index (χ4v) is 3.75. The lowest BCUT2D eigenvalue weighted by atomic mass is 9.87. The molecule has 0 unspecified atom stereocenters. The zero-order chi connectivity index (χ0) is 20.9. The van der Waals surface area contributed by atoms with E-state index < -0.39 is 11.9 Å². The Morgan fingerprint density at radius 1 is 0.800 bits per heavy atom. The maximum Gasteiger partial charge on any atom is 0.303 e. The predicted octanol–water partition coefficient (Wildman–Crippen LogP) is 4.30. The number of benzene rings is 3. The van der Waals surface area contributed by atoms with Crippen LogP contribution in [0.2, 0.25) is 0 Å². The third-order valence-electron chi connectivity index (χ3n) is 5.31. The number of aliphatic carboxylic acids is 1. The summed E-state index contributed by atoms with van der Waals surface area (Å²) in [5, 5.41) is 11.8. The molecule has 0 fully saturated rings. The van der Waals surface area contributed by atoms with E-state index in [9.17, 15) is 9.59 Å². The van der Waals surface area contributed by atoms with E-state index >= 15 is 0 Å². The van der Waals surface area contributed by atoms with Gasteiger partial charge in [-0.2, -0.15) is 0 Å². The number of para-hydroxylation sites is 2. The molecule has 5 heteroatoms. The smallest absolute Gasteiger partial charge is 0.303 e. The number of ether oxygens (including phenoxy) is 1. The minimum Gasteiger partial charge on any atom is -0.481 e. The molecule has 3 aromatic carbocycles. The van der Waals surface area contributed by atoms with Gasteiger partial charge in [-0.05, 0) is 36.1 Å². The Balaban J connectivity index is 1.41. The molecule has 0 saturated heterocycles. The van der Waals surface area contributed by atoms with Crippen molar-refractivity contribution in [3.8, 4) is 11.5 Å². The lowest BCUT2D eigenvalue weighted by molar-refractivity contribution is -0.137. The van der Waals surface area contributed by atoms with Crippen LogP contribution in [0.3, 0.4) is 0 Å². The molecule has 0 aromatic heterocycles. The highest BCUT2D eigenvalue weighted by atomic mass is 16.5. The maximum absolute atomic E-state index is 13.1. The molecule has 152 valence electrons. The van der Waals surface area contributed by atoms with Crippen LogP contribution in [0.1, 0.15) is 34.6 Å². The Hall–Kier alpha value is -3.60. The average Bonchev–Trinajstić information content (AvgIpc) is 2.76. The minimum atomic E-state index is -0.793. The second-order valence-electron chi connectivity index (χ2n) is 7.36. The summed E-state index contributed by atoms with van der Waals surface area (Å²) in [6.07, 6.45) is 1.36. The zero-order valence-electron chi connectivity index (χ0n) is 16.5. The van der Waals surface area contributed by atoms with E-state index in [4.69, 9.17) is 9.84 Å². The van der Waals surface area contributed by atoms with Gasteiger partial charge in [0.15, 0.2) is 0 Å². The van der Waals surface area contributed by atoms with Crippen LogP contribution in [-0.4, -0.2) is 23.5 Å². The number of hydrogen-bond donors (Lipinski definition) is 2. The molecule has 0 spiro atoms. The van der Waals surface area contributed by atoms with Gasteiger partial charge in [-0.3, -0.25) is 9.59 Å². The summed E-state index contributed by atoms with van der Waals surface area (Å²) in [6, 6.07) is 23.2. The van der Waals surface area contributed by atoms with Gasteiger partial charge in [0.1, 0.15) is 11.5 Å². The van der Waals surface area contributed by atoms with Gasteiger partial charge in [0.05, 0.1) is 5.92 Å². The van der Waals surface area contributed by atoms with E-state index in [0.717, 1.165) is 22.3 Å². The second kappa shape index (κ2) is 8.82. The van der Waals surface area contributed by atoms with Gasteiger partial charge in [0.25, 0.3) is 0 Å². The largest absolute Gasteiger partial charge is 0.481 e. The summed E-state index contributed by atoms with van der Waals surface area (Å²) in [4.78, 5) is 23.8. The molecule has 4 rings (SSSR count). The van der Waals surface area contributed by atoms with Crippen LogP contribution in [0.5, 0.6) is 11.5 Å². The standard InChI is InChI=1S/C25H23NO4/c27-23(28)14-13-17-9-11-18(12-10-17)15-16-26-25(29)24-19-5-1-3-7-21(19)30-22-8-4-2-6-20(22)24/h1-12,24H,13-16H2,(H,26,29)(H,27,28). The summed E-state index contributed by atoms with van der Waals surface area (Å²) >= 11 is 0. The van der Waals surface area contributed by atoms with E-state index in [-0.39, 0.29) is 12.3 Å². The SMILES string of the molecule is O=C(O)CCc1ccc(CCNC(=O)C2c3ccccc3Oc3ccccc32)cc1. The Labute approximate surface area is 175 Å². The van der Waals surface area contributed by atoms with Gasteiger partial charge in [-0.25, -0.2) is 0 Å². The Morgan fingerprint density at radius 3 is 1.90 bits per heavy atom. The monoisotopic (exact) mass is 401 g/mol. The Kier molecular flexibility index (Phi) is 5.80. The maximum atomic E-state index is 13.1. The van der Waals surface area contributed by atoms with Crippen molar-refractivity contribution in [2.75, 3.05) is 6.54 Å². The normalized spacial score (nSPS) is 12.4. The summed E-state index contributed by atoms with van der Waals surface area (Å²) < 4.78 is 5.96. The molecule has 0 bridgehead atoms. The highest BCUT2D eigenvalue weighted by Crippen LogP contribution is 2.43. The number of hydrogen-bond acceptors (Lipinski definition) is 3. The molecule has 1 heterocycles. The van der Waals surface area contributed by atoms with E-state index in [2.05, 4.69) is 5.32 Å². The molecule has 1 aliphatic heterocycles. The lowest BCUT2D eigenvalue weighted by Crippen LogP contribution is -2.33. The fourth-order valence-electron chi connectivity index (χ4n) is 3.75. The number of carbonyl (C=O) groups is 2. The number of amides is 1. The van der Waals surface area contributed by atoms with Crippen LogP contribution in [0.4, 0.5) is 0 Å². The van der Waals surface area contributed by atoms with Gasteiger partial charge in [-0.15, -0.1) is 0 Å². The van der Waals surface area contributed by atoms with Gasteiger partial charge in [0, 0.05) is 24.1 Å². The van der Waals surface area contributed by atoms with Gasteiger partial charge >= 0.3 is 5.97 Å². The van der Waals surface area contributed by atoms with E-state index in [0.29, 0.717) is 30.9 Å². The molecule has 0 aliphatic carbocycles. The average molecular weight is 401 g/mol. The quantitative estimate of drug-likeness (QED) is 0.619. The summed E-state index contributed by atoms with van der Waals surface area (Å²) in [7, 11) is 0. The number of carboxylic acids is 1. The van der Waals surface area contributed by atoms with Crippen LogP contribution >= 0.6 is 0 Å². The molecule has 0 radical (unpaired) electrons. The van der Waals surface area contributed by atoms with Crippen molar-refractivity contribution in [1.29, 1.82) is 0 Å². The van der Waals surface area contributed by atoms with Crippen molar-refractivity contribution in [2.24, 2.45) is 0 Å². The topological polar surface area (TPSA) is 75.6 Å².